The van der Waals surface area contributed by atoms with Gasteiger partial charge in [-0.25, -0.2) is 9.97 Å². The van der Waals surface area contributed by atoms with Gasteiger partial charge in [0.05, 0.1) is 0 Å². The summed E-state index contributed by atoms with van der Waals surface area (Å²) in [5.41, 5.74) is 21.0. The minimum absolute atomic E-state index is 0.629. The number of aromatic nitrogens is 2. The van der Waals surface area contributed by atoms with Gasteiger partial charge in [-0.15, -0.1) is 0 Å². The van der Waals surface area contributed by atoms with Gasteiger partial charge >= 0.3 is 0 Å². The number of oxazole rings is 2. The van der Waals surface area contributed by atoms with Gasteiger partial charge in [0.25, 0.3) is 0 Å². The van der Waals surface area contributed by atoms with Crippen LogP contribution in [0.1, 0.15) is 11.1 Å². The van der Waals surface area contributed by atoms with Crippen LogP contribution < -0.4 is 4.90 Å². The summed E-state index contributed by atoms with van der Waals surface area (Å²) >= 11 is 6.23. The highest BCUT2D eigenvalue weighted by Gasteiger charge is 2.19. The molecule has 0 amide bonds. The van der Waals surface area contributed by atoms with Crippen molar-refractivity contribution < 1.29 is 8.83 Å². The van der Waals surface area contributed by atoms with Crippen molar-refractivity contribution >= 4 is 94.0 Å². The molecule has 0 N–H and O–H groups in total. The first-order valence-electron chi connectivity index (χ1n) is 32.6. The molecule has 2 heterocycles. The Hall–Kier alpha value is -12.4. The molecule has 18 aromatic rings. The lowest BCUT2D eigenvalue weighted by Crippen LogP contribution is -2.10. The molecule has 6 heteroatoms. The summed E-state index contributed by atoms with van der Waals surface area (Å²) in [5.74, 6) is 1.27. The zero-order valence-electron chi connectivity index (χ0n) is 52.9. The molecule has 97 heavy (non-hydrogen) atoms. The molecule has 0 radical (unpaired) electrons. The Bertz CT molecular complexity index is 5770. The van der Waals surface area contributed by atoms with Crippen molar-refractivity contribution in [3.05, 3.63) is 380 Å². The topological polar surface area (TPSA) is 55.3 Å². The van der Waals surface area contributed by atoms with Crippen LogP contribution in [0.2, 0.25) is 5.02 Å². The van der Waals surface area contributed by atoms with E-state index in [0.29, 0.717) is 11.8 Å². The average molecular weight is 1260 g/mol. The molecule has 0 saturated heterocycles. The molecule has 2 aromatic heterocycles. The molecule has 0 atom stereocenters. The van der Waals surface area contributed by atoms with Crippen molar-refractivity contribution in [1.82, 2.24) is 9.97 Å². The van der Waals surface area contributed by atoms with Gasteiger partial charge in [-0.05, 0) is 179 Å². The number of anilines is 3. The van der Waals surface area contributed by atoms with E-state index in [1.165, 1.54) is 55.6 Å². The molecule has 460 valence electrons. The lowest BCUT2D eigenvalue weighted by molar-refractivity contribution is 0.623. The van der Waals surface area contributed by atoms with E-state index in [9.17, 15) is 0 Å². The van der Waals surface area contributed by atoms with Crippen LogP contribution >= 0.6 is 11.6 Å². The van der Waals surface area contributed by atoms with E-state index >= 15 is 0 Å². The summed E-state index contributed by atoms with van der Waals surface area (Å²) < 4.78 is 12.7. The Balaban J connectivity index is 0.000000126. The van der Waals surface area contributed by atoms with Crippen molar-refractivity contribution in [3.8, 4) is 67.4 Å². The summed E-state index contributed by atoms with van der Waals surface area (Å²) in [4.78, 5) is 11.9. The second-order valence-corrected chi connectivity index (χ2v) is 24.6. The molecule has 0 saturated carbocycles. The van der Waals surface area contributed by atoms with Crippen molar-refractivity contribution in [2.75, 3.05) is 4.90 Å². The number of benzene rings is 16. The molecule has 0 aliphatic carbocycles. The second kappa shape index (κ2) is 26.9. The van der Waals surface area contributed by atoms with Crippen LogP contribution in [0, 0.1) is 0 Å². The molecule has 0 fully saturated rings. The molecule has 0 aliphatic rings. The fourth-order valence-electron chi connectivity index (χ4n) is 13.1. The first-order chi connectivity index (χ1) is 48.0. The minimum Gasteiger partial charge on any atom is -0.435 e. The maximum Gasteiger partial charge on any atom is 0.227 e. The molecule has 0 spiro atoms. The number of nitrogens with zero attached hydrogens (tertiary/aromatic N) is 3. The van der Waals surface area contributed by atoms with Gasteiger partial charge < -0.3 is 13.7 Å². The van der Waals surface area contributed by atoms with E-state index in [4.69, 9.17) is 25.4 Å². The van der Waals surface area contributed by atoms with Crippen LogP contribution in [-0.2, 0) is 6.42 Å². The van der Waals surface area contributed by atoms with Crippen molar-refractivity contribution in [2.24, 2.45) is 0 Å². The highest BCUT2D eigenvalue weighted by Crippen LogP contribution is 2.43. The van der Waals surface area contributed by atoms with E-state index in [1.54, 1.807) is 0 Å². The Morgan fingerprint density at radius 2 is 0.619 bits per heavy atom. The molecule has 0 aliphatic heterocycles. The zero-order chi connectivity index (χ0) is 64.9. The quantitative estimate of drug-likeness (QED) is 0.121. The standard InChI is InChI=1S/C45H30N2O.C25H20.C21H12ClNO/c1-4-11-31(12-5-1)33-21-25-38(26-22-33)47(39-18-10-17-37(29-39)32-13-6-2-7-14-32)40-27-23-34-19-20-35-24-28-42-44(43(35)41(34)30-40)48-45(46-42)36-15-8-3-9-16-36;1-3-9-22(10-4-1)24-16-14-20(15-17-24)18-21-8-7-13-25(19-21)23-11-5-2-6-12-23;22-16-10-8-13-6-7-14-9-11-18-20(19(14)17(13)12-16)24-21(23-18)15-4-2-1-3-5-15/h1-30H;1-17,19H,18H2;1-12H. The largest absolute Gasteiger partial charge is 0.435 e. The van der Waals surface area contributed by atoms with E-state index in [2.05, 4.69) is 289 Å². The minimum atomic E-state index is 0.629. The van der Waals surface area contributed by atoms with Crippen LogP contribution in [0.4, 0.5) is 17.1 Å². The van der Waals surface area contributed by atoms with Crippen LogP contribution in [-0.4, -0.2) is 9.97 Å². The smallest absolute Gasteiger partial charge is 0.227 e. The third kappa shape index (κ3) is 12.7. The number of fused-ring (bicyclic) bond motifs is 10. The van der Waals surface area contributed by atoms with Gasteiger partial charge in [0.15, 0.2) is 11.2 Å². The number of hydrogen-bond acceptors (Lipinski definition) is 5. The fourth-order valence-corrected chi connectivity index (χ4v) is 13.2. The monoisotopic (exact) mass is 1260 g/mol. The van der Waals surface area contributed by atoms with Gasteiger partial charge in [0.2, 0.25) is 11.8 Å². The summed E-state index contributed by atoms with van der Waals surface area (Å²) in [5, 5.41) is 9.57. The predicted molar refractivity (Wildman–Crippen MR) is 406 cm³/mol. The van der Waals surface area contributed by atoms with Crippen LogP contribution in [0.25, 0.3) is 133 Å². The molecular weight excluding hydrogens is 1200 g/mol. The van der Waals surface area contributed by atoms with Crippen LogP contribution in [0.3, 0.4) is 0 Å². The van der Waals surface area contributed by atoms with Crippen molar-refractivity contribution in [1.29, 1.82) is 0 Å². The SMILES string of the molecule is Clc1ccc2ccc3ccc4nc(-c5ccccc5)oc4c3c2c1.c1ccc(-c2ccc(Cc3cccc(-c4ccccc4)c3)cc2)cc1.c1ccc(-c2ccc(N(c3cccc(-c4ccccc4)c3)c3ccc4ccc5ccc6nc(-c7ccccc7)oc6c5c4c3)cc2)cc1. The first-order valence-corrected chi connectivity index (χ1v) is 33.0. The van der Waals surface area contributed by atoms with Gasteiger partial charge in [-0.1, -0.05) is 291 Å². The molecular formula is C91H62ClN3O2. The normalized spacial score (nSPS) is 11.2. The Kier molecular flexibility index (Phi) is 16.5. The van der Waals surface area contributed by atoms with Gasteiger partial charge in [-0.3, -0.25) is 0 Å². The van der Waals surface area contributed by atoms with Crippen molar-refractivity contribution in [3.63, 3.8) is 0 Å². The predicted octanol–water partition coefficient (Wildman–Crippen LogP) is 25.7. The van der Waals surface area contributed by atoms with Gasteiger partial charge in [-0.2, -0.15) is 0 Å². The molecule has 0 bridgehead atoms. The molecule has 5 nitrogen and oxygen atoms in total. The van der Waals surface area contributed by atoms with Crippen molar-refractivity contribution in [2.45, 2.75) is 6.42 Å². The highest BCUT2D eigenvalue weighted by atomic mass is 35.5. The fraction of sp³-hybridized carbons (Fsp3) is 0.0110. The highest BCUT2D eigenvalue weighted by molar-refractivity contribution is 6.32. The zero-order valence-corrected chi connectivity index (χ0v) is 53.6. The third-order valence-corrected chi connectivity index (χ3v) is 18.1. The summed E-state index contributed by atoms with van der Waals surface area (Å²) in [7, 11) is 0. The summed E-state index contributed by atoms with van der Waals surface area (Å²) in [6, 6.07) is 127. The van der Waals surface area contributed by atoms with Crippen LogP contribution in [0.5, 0.6) is 0 Å². The Morgan fingerprint density at radius 1 is 0.258 bits per heavy atom. The van der Waals surface area contributed by atoms with Gasteiger partial charge in [0, 0.05) is 44.0 Å². The Labute approximate surface area is 568 Å². The second-order valence-electron chi connectivity index (χ2n) is 24.2. The third-order valence-electron chi connectivity index (χ3n) is 17.9. The summed E-state index contributed by atoms with van der Waals surface area (Å²) in [6.45, 7) is 0. The number of hydrogen-bond donors (Lipinski definition) is 0. The van der Waals surface area contributed by atoms with E-state index in [-0.39, 0.29) is 0 Å². The molecule has 16 aromatic carbocycles. The average Bonchev–Trinajstić information content (AvgIpc) is 1.78. The number of rotatable bonds is 11. The van der Waals surface area contributed by atoms with Crippen LogP contribution in [0.15, 0.2) is 373 Å². The van der Waals surface area contributed by atoms with E-state index < -0.39 is 0 Å². The Morgan fingerprint density at radius 3 is 1.12 bits per heavy atom. The molecule has 0 unspecified atom stereocenters. The maximum absolute atomic E-state index is 6.54. The van der Waals surface area contributed by atoms with E-state index in [0.717, 1.165) is 105 Å². The van der Waals surface area contributed by atoms with Gasteiger partial charge in [0.1, 0.15) is 11.0 Å². The number of halogens is 1. The maximum atomic E-state index is 6.54. The summed E-state index contributed by atoms with van der Waals surface area (Å²) in [6.07, 6.45) is 0.954. The molecule has 18 rings (SSSR count). The lowest BCUT2D eigenvalue weighted by Gasteiger charge is -2.27. The van der Waals surface area contributed by atoms with E-state index in [1.807, 2.05) is 84.9 Å². The lowest BCUT2D eigenvalue weighted by atomic mass is 9.98. The first kappa shape index (κ1) is 59.6.